The third kappa shape index (κ3) is 1.03. The zero-order valence-electron chi connectivity index (χ0n) is 6.52. The molecule has 0 fully saturated rings. The molecule has 0 saturated heterocycles. The number of rotatable bonds is 1. The van der Waals surface area contributed by atoms with Crippen molar-refractivity contribution in [1.82, 2.24) is 0 Å². The van der Waals surface area contributed by atoms with Gasteiger partial charge in [-0.15, -0.1) is 0 Å². The summed E-state index contributed by atoms with van der Waals surface area (Å²) in [5.74, 6) is -1.41. The maximum absolute atomic E-state index is 10.7. The Kier molecular flexibility index (Phi) is 1.48. The summed E-state index contributed by atoms with van der Waals surface area (Å²) in [4.78, 5) is 10.7. The van der Waals surface area contributed by atoms with Crippen LogP contribution in [0.25, 0.3) is 11.0 Å². The number of furan rings is 1. The number of aromatic hydroxyl groups is 1. The number of aromatic carboxylic acids is 1. The highest BCUT2D eigenvalue weighted by molar-refractivity contribution is 6.04. The van der Waals surface area contributed by atoms with Gasteiger partial charge in [-0.1, -0.05) is 0 Å². The molecule has 0 aliphatic carbocycles. The first-order valence-corrected chi connectivity index (χ1v) is 3.62. The minimum absolute atomic E-state index is 0.119. The Labute approximate surface area is 73.0 Å². The fourth-order valence-electron chi connectivity index (χ4n) is 1.26. The molecular weight excluding hydrogens is 172 g/mol. The maximum atomic E-state index is 10.7. The first kappa shape index (κ1) is 7.67. The lowest BCUT2D eigenvalue weighted by atomic mass is 10.1. The van der Waals surface area contributed by atoms with Crippen LogP contribution in [-0.2, 0) is 0 Å². The average molecular weight is 178 g/mol. The highest BCUT2D eigenvalue weighted by atomic mass is 16.4. The standard InChI is InChI=1S/C9H6O4/c10-6-1-2-7-5(3-4-13-7)8(6)9(11)12/h1-4,10H,(H,11,12). The summed E-state index contributed by atoms with van der Waals surface area (Å²) in [5.41, 5.74) is 0.335. The molecule has 0 bridgehead atoms. The molecule has 4 heteroatoms. The minimum Gasteiger partial charge on any atom is -0.507 e. The molecule has 2 aromatic rings. The highest BCUT2D eigenvalue weighted by Crippen LogP contribution is 2.27. The van der Waals surface area contributed by atoms with E-state index in [9.17, 15) is 9.90 Å². The van der Waals surface area contributed by atoms with Crippen molar-refractivity contribution in [2.75, 3.05) is 0 Å². The summed E-state index contributed by atoms with van der Waals surface area (Å²) >= 11 is 0. The molecule has 1 heterocycles. The maximum Gasteiger partial charge on any atom is 0.340 e. The van der Waals surface area contributed by atoms with Crippen LogP contribution >= 0.6 is 0 Å². The largest absolute Gasteiger partial charge is 0.507 e. The Hall–Kier alpha value is -1.97. The van der Waals surface area contributed by atoms with Crippen molar-refractivity contribution < 1.29 is 19.4 Å². The van der Waals surface area contributed by atoms with E-state index in [4.69, 9.17) is 9.52 Å². The fraction of sp³-hybridized carbons (Fsp3) is 0. The van der Waals surface area contributed by atoms with E-state index in [0.717, 1.165) is 0 Å². The second-order valence-electron chi connectivity index (χ2n) is 2.60. The van der Waals surface area contributed by atoms with Crippen molar-refractivity contribution in [3.8, 4) is 5.75 Å². The molecule has 1 aromatic carbocycles. The lowest BCUT2D eigenvalue weighted by Gasteiger charge is -1.98. The number of hydrogen-bond donors (Lipinski definition) is 2. The van der Waals surface area contributed by atoms with Crippen LogP contribution in [0.15, 0.2) is 28.9 Å². The summed E-state index contributed by atoms with van der Waals surface area (Å²) in [5, 5.41) is 18.5. The minimum atomic E-state index is -1.16. The molecule has 0 saturated carbocycles. The predicted molar refractivity (Wildman–Crippen MR) is 44.8 cm³/mol. The zero-order chi connectivity index (χ0) is 9.42. The Morgan fingerprint density at radius 2 is 2.08 bits per heavy atom. The summed E-state index contributed by atoms with van der Waals surface area (Å²) in [6.07, 6.45) is 1.39. The first-order valence-electron chi connectivity index (χ1n) is 3.62. The third-order valence-electron chi connectivity index (χ3n) is 1.83. The van der Waals surface area contributed by atoms with Gasteiger partial charge in [-0.05, 0) is 18.2 Å². The molecule has 0 amide bonds. The van der Waals surface area contributed by atoms with Crippen LogP contribution in [0.2, 0.25) is 0 Å². The van der Waals surface area contributed by atoms with Gasteiger partial charge in [0, 0.05) is 5.39 Å². The van der Waals surface area contributed by atoms with Gasteiger partial charge < -0.3 is 14.6 Å². The molecular formula is C9H6O4. The molecule has 0 spiro atoms. The lowest BCUT2D eigenvalue weighted by molar-refractivity contribution is 0.0696. The molecule has 66 valence electrons. The number of phenols is 1. The van der Waals surface area contributed by atoms with Gasteiger partial charge in [0.05, 0.1) is 6.26 Å². The molecule has 1 aromatic heterocycles. The summed E-state index contributed by atoms with van der Waals surface area (Å²) in [6, 6.07) is 4.34. The topological polar surface area (TPSA) is 70.7 Å². The van der Waals surface area contributed by atoms with Crippen LogP contribution in [-0.4, -0.2) is 16.2 Å². The van der Waals surface area contributed by atoms with Crippen LogP contribution in [0.1, 0.15) is 10.4 Å². The Morgan fingerprint density at radius 1 is 1.31 bits per heavy atom. The smallest absolute Gasteiger partial charge is 0.340 e. The van der Waals surface area contributed by atoms with Gasteiger partial charge in [0.25, 0.3) is 0 Å². The molecule has 0 atom stereocenters. The van der Waals surface area contributed by atoms with E-state index in [1.54, 1.807) is 0 Å². The molecule has 0 radical (unpaired) electrons. The lowest BCUT2D eigenvalue weighted by Crippen LogP contribution is -1.96. The van der Waals surface area contributed by atoms with E-state index in [1.807, 2.05) is 0 Å². The summed E-state index contributed by atoms with van der Waals surface area (Å²) in [6.45, 7) is 0. The fourth-order valence-corrected chi connectivity index (χ4v) is 1.26. The quantitative estimate of drug-likeness (QED) is 0.698. The summed E-state index contributed by atoms with van der Waals surface area (Å²) < 4.78 is 4.99. The van der Waals surface area contributed by atoms with Gasteiger partial charge in [0.1, 0.15) is 16.9 Å². The van der Waals surface area contributed by atoms with Gasteiger partial charge in [-0.2, -0.15) is 0 Å². The number of carbonyl (C=O) groups is 1. The molecule has 2 rings (SSSR count). The predicted octanol–water partition coefficient (Wildman–Crippen LogP) is 1.84. The Bertz CT molecular complexity index is 469. The van der Waals surface area contributed by atoms with Gasteiger partial charge in [0.2, 0.25) is 0 Å². The van der Waals surface area contributed by atoms with Crippen LogP contribution in [0, 0.1) is 0 Å². The van der Waals surface area contributed by atoms with Crippen molar-refractivity contribution in [3.63, 3.8) is 0 Å². The molecule has 0 aliphatic heterocycles. The number of carboxylic acids is 1. The van der Waals surface area contributed by atoms with E-state index in [1.165, 1.54) is 24.5 Å². The molecule has 0 aliphatic rings. The van der Waals surface area contributed by atoms with E-state index in [-0.39, 0.29) is 11.3 Å². The zero-order valence-corrected chi connectivity index (χ0v) is 6.52. The van der Waals surface area contributed by atoms with E-state index in [2.05, 4.69) is 0 Å². The molecule has 2 N–H and O–H groups in total. The van der Waals surface area contributed by atoms with E-state index < -0.39 is 5.97 Å². The highest BCUT2D eigenvalue weighted by Gasteiger charge is 2.14. The van der Waals surface area contributed by atoms with E-state index >= 15 is 0 Å². The normalized spacial score (nSPS) is 10.5. The first-order chi connectivity index (χ1) is 6.20. The van der Waals surface area contributed by atoms with Crippen molar-refractivity contribution in [1.29, 1.82) is 0 Å². The molecule has 0 unspecified atom stereocenters. The van der Waals surface area contributed by atoms with Crippen molar-refractivity contribution in [3.05, 3.63) is 30.0 Å². The van der Waals surface area contributed by atoms with Gasteiger partial charge in [-0.3, -0.25) is 0 Å². The van der Waals surface area contributed by atoms with Crippen LogP contribution in [0.3, 0.4) is 0 Å². The van der Waals surface area contributed by atoms with Crippen molar-refractivity contribution in [2.24, 2.45) is 0 Å². The average Bonchev–Trinajstić information content (AvgIpc) is 2.50. The number of fused-ring (bicyclic) bond motifs is 1. The molecule has 13 heavy (non-hydrogen) atoms. The monoisotopic (exact) mass is 178 g/mol. The second kappa shape index (κ2) is 2.52. The number of carboxylic acid groups (broad SMARTS) is 1. The molecule has 4 nitrogen and oxygen atoms in total. The van der Waals surface area contributed by atoms with Crippen molar-refractivity contribution >= 4 is 16.9 Å². The van der Waals surface area contributed by atoms with Gasteiger partial charge >= 0.3 is 5.97 Å². The van der Waals surface area contributed by atoms with Gasteiger partial charge in [-0.25, -0.2) is 4.79 Å². The van der Waals surface area contributed by atoms with Crippen LogP contribution < -0.4 is 0 Å². The van der Waals surface area contributed by atoms with Crippen LogP contribution in [0.4, 0.5) is 0 Å². The number of benzene rings is 1. The SMILES string of the molecule is O=C(O)c1c(O)ccc2occc12. The van der Waals surface area contributed by atoms with Crippen LogP contribution in [0.5, 0.6) is 5.75 Å². The summed E-state index contributed by atoms with van der Waals surface area (Å²) in [7, 11) is 0. The van der Waals surface area contributed by atoms with Gasteiger partial charge in [0.15, 0.2) is 0 Å². The number of hydrogen-bond acceptors (Lipinski definition) is 3. The Morgan fingerprint density at radius 3 is 2.77 bits per heavy atom. The Balaban J connectivity index is 2.88. The van der Waals surface area contributed by atoms with Crippen molar-refractivity contribution in [2.45, 2.75) is 0 Å². The third-order valence-corrected chi connectivity index (χ3v) is 1.83. The van der Waals surface area contributed by atoms with E-state index in [0.29, 0.717) is 11.0 Å². The second-order valence-corrected chi connectivity index (χ2v) is 2.60.